The topological polar surface area (TPSA) is 32.3 Å². The molecule has 0 aromatic carbocycles. The monoisotopic (exact) mass is 252 g/mol. The molecule has 1 atom stereocenters. The van der Waals surface area contributed by atoms with Crippen LogP contribution in [0.5, 0.6) is 0 Å². The molecule has 18 heavy (non-hydrogen) atoms. The SMILES string of the molecule is CC(C)C1CCC(C(=O)N2CCN[C@H](C)C2)CC1. The summed E-state index contributed by atoms with van der Waals surface area (Å²) in [4.78, 5) is 14.6. The smallest absolute Gasteiger partial charge is 0.225 e. The third kappa shape index (κ3) is 3.25. The van der Waals surface area contributed by atoms with E-state index in [1.54, 1.807) is 0 Å². The molecule has 1 heterocycles. The molecule has 104 valence electrons. The molecule has 1 saturated carbocycles. The molecule has 1 aliphatic carbocycles. The molecule has 0 unspecified atom stereocenters. The second kappa shape index (κ2) is 6.05. The van der Waals surface area contributed by atoms with Crippen molar-refractivity contribution >= 4 is 5.91 Å². The Morgan fingerprint density at radius 3 is 2.44 bits per heavy atom. The van der Waals surface area contributed by atoms with Gasteiger partial charge in [-0.2, -0.15) is 0 Å². The van der Waals surface area contributed by atoms with E-state index in [9.17, 15) is 4.79 Å². The number of nitrogens with zero attached hydrogens (tertiary/aromatic N) is 1. The van der Waals surface area contributed by atoms with Crippen molar-refractivity contribution in [3.05, 3.63) is 0 Å². The first-order valence-corrected chi connectivity index (χ1v) is 7.60. The van der Waals surface area contributed by atoms with Crippen LogP contribution in [0, 0.1) is 17.8 Å². The average Bonchev–Trinajstić information content (AvgIpc) is 2.38. The Kier molecular flexibility index (Phi) is 4.66. The molecule has 2 rings (SSSR count). The second-order valence-electron chi connectivity index (χ2n) is 6.50. The highest BCUT2D eigenvalue weighted by Crippen LogP contribution is 2.34. The van der Waals surface area contributed by atoms with Crippen LogP contribution in [-0.2, 0) is 4.79 Å². The van der Waals surface area contributed by atoms with E-state index in [0.717, 1.165) is 44.3 Å². The van der Waals surface area contributed by atoms with Crippen molar-refractivity contribution in [3.63, 3.8) is 0 Å². The Hall–Kier alpha value is -0.570. The summed E-state index contributed by atoms with van der Waals surface area (Å²) in [5.74, 6) is 2.35. The fourth-order valence-corrected chi connectivity index (χ4v) is 3.42. The predicted molar refractivity (Wildman–Crippen MR) is 74.3 cm³/mol. The van der Waals surface area contributed by atoms with Gasteiger partial charge in [0, 0.05) is 31.6 Å². The second-order valence-corrected chi connectivity index (χ2v) is 6.50. The van der Waals surface area contributed by atoms with Gasteiger partial charge in [0.2, 0.25) is 5.91 Å². The minimum absolute atomic E-state index is 0.310. The van der Waals surface area contributed by atoms with Gasteiger partial charge in [-0.1, -0.05) is 13.8 Å². The van der Waals surface area contributed by atoms with E-state index in [2.05, 4.69) is 31.0 Å². The molecule has 1 aliphatic heterocycles. The first-order valence-electron chi connectivity index (χ1n) is 7.60. The zero-order valence-corrected chi connectivity index (χ0v) is 12.1. The molecule has 0 spiro atoms. The van der Waals surface area contributed by atoms with E-state index in [-0.39, 0.29) is 0 Å². The number of hydrogen-bond acceptors (Lipinski definition) is 2. The Morgan fingerprint density at radius 2 is 1.89 bits per heavy atom. The van der Waals surface area contributed by atoms with Gasteiger partial charge < -0.3 is 10.2 Å². The lowest BCUT2D eigenvalue weighted by Crippen LogP contribution is -2.53. The van der Waals surface area contributed by atoms with Crippen molar-refractivity contribution in [1.29, 1.82) is 0 Å². The summed E-state index contributed by atoms with van der Waals surface area (Å²) in [7, 11) is 0. The summed E-state index contributed by atoms with van der Waals surface area (Å²) in [5, 5.41) is 3.40. The lowest BCUT2D eigenvalue weighted by molar-refractivity contribution is -0.138. The summed E-state index contributed by atoms with van der Waals surface area (Å²) in [6.07, 6.45) is 4.71. The van der Waals surface area contributed by atoms with Crippen LogP contribution < -0.4 is 5.32 Å². The molecule has 2 fully saturated rings. The normalized spacial score (nSPS) is 33.8. The third-order valence-corrected chi connectivity index (χ3v) is 4.74. The summed E-state index contributed by atoms with van der Waals surface area (Å²) >= 11 is 0. The summed E-state index contributed by atoms with van der Waals surface area (Å²) < 4.78 is 0. The van der Waals surface area contributed by atoms with Crippen LogP contribution in [0.4, 0.5) is 0 Å². The fourth-order valence-electron chi connectivity index (χ4n) is 3.42. The maximum absolute atomic E-state index is 12.5. The van der Waals surface area contributed by atoms with Gasteiger partial charge in [-0.3, -0.25) is 4.79 Å². The van der Waals surface area contributed by atoms with Crippen molar-refractivity contribution in [3.8, 4) is 0 Å². The van der Waals surface area contributed by atoms with Gasteiger partial charge in [-0.05, 0) is 44.4 Å². The lowest BCUT2D eigenvalue weighted by Gasteiger charge is -2.37. The van der Waals surface area contributed by atoms with Crippen molar-refractivity contribution in [2.45, 2.75) is 52.5 Å². The van der Waals surface area contributed by atoms with E-state index in [0.29, 0.717) is 17.9 Å². The molecular formula is C15H28N2O. The summed E-state index contributed by atoms with van der Waals surface area (Å²) in [6, 6.07) is 0.453. The van der Waals surface area contributed by atoms with Crippen molar-refractivity contribution in [2.24, 2.45) is 17.8 Å². The molecule has 1 N–H and O–H groups in total. The molecule has 0 aromatic rings. The van der Waals surface area contributed by atoms with E-state index >= 15 is 0 Å². The van der Waals surface area contributed by atoms with E-state index in [1.165, 1.54) is 12.8 Å². The predicted octanol–water partition coefficient (Wildman–Crippen LogP) is 2.27. The minimum Gasteiger partial charge on any atom is -0.340 e. The van der Waals surface area contributed by atoms with Crippen LogP contribution in [0.15, 0.2) is 0 Å². The van der Waals surface area contributed by atoms with Crippen molar-refractivity contribution < 1.29 is 4.79 Å². The molecule has 3 nitrogen and oxygen atoms in total. The molecule has 0 aromatic heterocycles. The standard InChI is InChI=1S/C15H28N2O/c1-11(2)13-4-6-14(7-5-13)15(18)17-9-8-16-12(3)10-17/h11-14,16H,4-10H2,1-3H3/t12-,13?,14?/m1/s1. The highest BCUT2D eigenvalue weighted by molar-refractivity contribution is 5.79. The molecule has 3 heteroatoms. The Bertz CT molecular complexity index is 282. The summed E-state index contributed by atoms with van der Waals surface area (Å²) in [6.45, 7) is 9.52. The largest absolute Gasteiger partial charge is 0.340 e. The Morgan fingerprint density at radius 1 is 1.22 bits per heavy atom. The van der Waals surface area contributed by atoms with Crippen LogP contribution in [0.2, 0.25) is 0 Å². The number of rotatable bonds is 2. The van der Waals surface area contributed by atoms with Gasteiger partial charge in [0.25, 0.3) is 0 Å². The zero-order chi connectivity index (χ0) is 13.1. The van der Waals surface area contributed by atoms with Crippen LogP contribution in [0.3, 0.4) is 0 Å². The van der Waals surface area contributed by atoms with E-state index in [4.69, 9.17) is 0 Å². The number of piperazine rings is 1. The number of carbonyl (C=O) groups is 1. The van der Waals surface area contributed by atoms with Crippen LogP contribution in [0.1, 0.15) is 46.5 Å². The Balaban J connectivity index is 1.83. The lowest BCUT2D eigenvalue weighted by atomic mass is 9.76. The zero-order valence-electron chi connectivity index (χ0n) is 12.1. The van der Waals surface area contributed by atoms with Crippen molar-refractivity contribution in [1.82, 2.24) is 10.2 Å². The highest BCUT2D eigenvalue weighted by atomic mass is 16.2. The number of carbonyl (C=O) groups excluding carboxylic acids is 1. The van der Waals surface area contributed by atoms with Crippen LogP contribution >= 0.6 is 0 Å². The minimum atomic E-state index is 0.310. The highest BCUT2D eigenvalue weighted by Gasteiger charge is 2.31. The quantitative estimate of drug-likeness (QED) is 0.817. The van der Waals surface area contributed by atoms with Gasteiger partial charge in [0.15, 0.2) is 0 Å². The molecule has 0 radical (unpaired) electrons. The van der Waals surface area contributed by atoms with Gasteiger partial charge in [-0.15, -0.1) is 0 Å². The van der Waals surface area contributed by atoms with E-state index in [1.807, 2.05) is 0 Å². The van der Waals surface area contributed by atoms with Gasteiger partial charge in [0.1, 0.15) is 0 Å². The maximum Gasteiger partial charge on any atom is 0.225 e. The molecule has 2 aliphatic rings. The van der Waals surface area contributed by atoms with E-state index < -0.39 is 0 Å². The molecular weight excluding hydrogens is 224 g/mol. The molecule has 0 bridgehead atoms. The Labute approximate surface area is 111 Å². The molecule has 1 saturated heterocycles. The molecule has 1 amide bonds. The van der Waals surface area contributed by atoms with Crippen LogP contribution in [-0.4, -0.2) is 36.5 Å². The number of hydrogen-bond donors (Lipinski definition) is 1. The van der Waals surface area contributed by atoms with Gasteiger partial charge in [-0.25, -0.2) is 0 Å². The maximum atomic E-state index is 12.5. The number of amides is 1. The first kappa shape index (κ1) is 13.9. The third-order valence-electron chi connectivity index (χ3n) is 4.74. The van der Waals surface area contributed by atoms with Gasteiger partial charge in [0.05, 0.1) is 0 Å². The summed E-state index contributed by atoms with van der Waals surface area (Å²) in [5.41, 5.74) is 0. The van der Waals surface area contributed by atoms with Crippen LogP contribution in [0.25, 0.3) is 0 Å². The average molecular weight is 252 g/mol. The van der Waals surface area contributed by atoms with Gasteiger partial charge >= 0.3 is 0 Å². The number of nitrogens with one attached hydrogen (secondary N) is 1. The van der Waals surface area contributed by atoms with Crippen molar-refractivity contribution in [2.75, 3.05) is 19.6 Å². The first-order chi connectivity index (χ1) is 8.58. The fraction of sp³-hybridized carbons (Fsp3) is 0.933.